The van der Waals surface area contributed by atoms with Gasteiger partial charge in [0.15, 0.2) is 0 Å². The zero-order chi connectivity index (χ0) is 15.5. The fourth-order valence-electron chi connectivity index (χ4n) is 3.54. The molecule has 1 unspecified atom stereocenters. The summed E-state index contributed by atoms with van der Waals surface area (Å²) in [4.78, 5) is 0. The molecule has 21 heavy (non-hydrogen) atoms. The second-order valence-corrected chi connectivity index (χ2v) is 7.31. The van der Waals surface area contributed by atoms with Gasteiger partial charge in [0.1, 0.15) is 0 Å². The molecule has 2 nitrogen and oxygen atoms in total. The highest BCUT2D eigenvalue weighted by atomic mass is 16.3. The van der Waals surface area contributed by atoms with Gasteiger partial charge in [-0.15, -0.1) is 0 Å². The predicted octanol–water partition coefficient (Wildman–Crippen LogP) is 4.19. The Morgan fingerprint density at radius 3 is 2.52 bits per heavy atom. The molecule has 0 aliphatic heterocycles. The largest absolute Gasteiger partial charge is 0.396 e. The molecule has 1 aromatic carbocycles. The van der Waals surface area contributed by atoms with Gasteiger partial charge in [-0.1, -0.05) is 52.0 Å². The Morgan fingerprint density at radius 1 is 1.24 bits per heavy atom. The summed E-state index contributed by atoms with van der Waals surface area (Å²) >= 11 is 0. The quantitative estimate of drug-likeness (QED) is 0.823. The number of hydrogen-bond acceptors (Lipinski definition) is 2. The van der Waals surface area contributed by atoms with E-state index in [0.29, 0.717) is 6.04 Å². The molecule has 2 N–H and O–H groups in total. The monoisotopic (exact) mass is 289 g/mol. The van der Waals surface area contributed by atoms with E-state index in [1.54, 1.807) is 0 Å². The molecule has 1 aromatic rings. The standard InChI is InChI=1S/C19H31NO/c1-5-19(6-2,14-21)13-20-17-11-12-18(3,4)16-10-8-7-9-15(16)17/h7-10,17,20-21H,5-6,11-14H2,1-4H3. The van der Waals surface area contributed by atoms with E-state index in [0.717, 1.165) is 19.4 Å². The average molecular weight is 289 g/mol. The molecule has 0 aromatic heterocycles. The average Bonchev–Trinajstić information content (AvgIpc) is 2.51. The van der Waals surface area contributed by atoms with Gasteiger partial charge in [0, 0.05) is 24.6 Å². The van der Waals surface area contributed by atoms with Crippen LogP contribution < -0.4 is 5.32 Å². The summed E-state index contributed by atoms with van der Waals surface area (Å²) in [6.07, 6.45) is 4.44. The van der Waals surface area contributed by atoms with E-state index >= 15 is 0 Å². The maximum Gasteiger partial charge on any atom is 0.0499 e. The minimum absolute atomic E-state index is 0.0297. The molecular formula is C19H31NO. The van der Waals surface area contributed by atoms with Crippen LogP contribution in [0.3, 0.4) is 0 Å². The van der Waals surface area contributed by atoms with Crippen molar-refractivity contribution in [1.82, 2.24) is 5.32 Å². The Kier molecular flexibility index (Phi) is 5.11. The topological polar surface area (TPSA) is 32.3 Å². The highest BCUT2D eigenvalue weighted by molar-refractivity contribution is 5.38. The maximum absolute atomic E-state index is 9.74. The first kappa shape index (κ1) is 16.5. The van der Waals surface area contributed by atoms with Crippen molar-refractivity contribution in [3.63, 3.8) is 0 Å². The number of aliphatic hydroxyl groups is 1. The Bertz CT molecular complexity index is 454. The van der Waals surface area contributed by atoms with Crippen LogP contribution in [-0.4, -0.2) is 18.3 Å². The molecule has 0 amide bonds. The molecule has 2 heteroatoms. The first-order valence-corrected chi connectivity index (χ1v) is 8.41. The summed E-state index contributed by atoms with van der Waals surface area (Å²) in [6, 6.07) is 9.28. The first-order chi connectivity index (χ1) is 9.98. The lowest BCUT2D eigenvalue weighted by Crippen LogP contribution is -2.40. The van der Waals surface area contributed by atoms with Crippen molar-refractivity contribution in [2.45, 2.75) is 64.8 Å². The van der Waals surface area contributed by atoms with E-state index in [-0.39, 0.29) is 17.4 Å². The van der Waals surface area contributed by atoms with Gasteiger partial charge in [0.05, 0.1) is 0 Å². The molecule has 0 spiro atoms. The third-order valence-electron chi connectivity index (χ3n) is 5.68. The van der Waals surface area contributed by atoms with Gasteiger partial charge in [0.2, 0.25) is 0 Å². The summed E-state index contributed by atoms with van der Waals surface area (Å²) in [5.41, 5.74) is 3.24. The van der Waals surface area contributed by atoms with Crippen LogP contribution in [0.4, 0.5) is 0 Å². The Labute approximate surface area is 130 Å². The Morgan fingerprint density at radius 2 is 1.90 bits per heavy atom. The van der Waals surface area contributed by atoms with Gasteiger partial charge in [-0.2, -0.15) is 0 Å². The molecule has 0 radical (unpaired) electrons. The number of rotatable bonds is 6. The summed E-state index contributed by atoms with van der Waals surface area (Å²) in [6.45, 7) is 10.2. The van der Waals surface area contributed by atoms with E-state index in [9.17, 15) is 5.11 Å². The van der Waals surface area contributed by atoms with Crippen LogP contribution in [-0.2, 0) is 5.41 Å². The van der Waals surface area contributed by atoms with Crippen molar-refractivity contribution < 1.29 is 5.11 Å². The summed E-state index contributed by atoms with van der Waals surface area (Å²) < 4.78 is 0. The number of aliphatic hydroxyl groups excluding tert-OH is 1. The van der Waals surface area contributed by atoms with E-state index in [4.69, 9.17) is 0 Å². The normalized spacial score (nSPS) is 21.1. The van der Waals surface area contributed by atoms with Gasteiger partial charge >= 0.3 is 0 Å². The summed E-state index contributed by atoms with van der Waals surface area (Å²) in [5, 5.41) is 13.5. The van der Waals surface area contributed by atoms with Crippen LogP contribution in [0, 0.1) is 5.41 Å². The third kappa shape index (κ3) is 3.32. The fraction of sp³-hybridized carbons (Fsp3) is 0.684. The van der Waals surface area contributed by atoms with Crippen LogP contribution >= 0.6 is 0 Å². The number of fused-ring (bicyclic) bond motifs is 1. The molecule has 2 rings (SSSR count). The van der Waals surface area contributed by atoms with Crippen molar-refractivity contribution in [3.8, 4) is 0 Å². The molecule has 1 atom stereocenters. The predicted molar refractivity (Wildman–Crippen MR) is 89.5 cm³/mol. The van der Waals surface area contributed by atoms with Gasteiger partial charge in [-0.05, 0) is 42.2 Å². The molecule has 0 saturated heterocycles. The zero-order valence-electron chi connectivity index (χ0n) is 14.1. The summed E-state index contributed by atoms with van der Waals surface area (Å²) in [5.74, 6) is 0. The molecule has 0 fully saturated rings. The minimum atomic E-state index is 0.0297. The number of hydrogen-bond donors (Lipinski definition) is 2. The van der Waals surface area contributed by atoms with Gasteiger partial charge in [-0.25, -0.2) is 0 Å². The lowest BCUT2D eigenvalue weighted by molar-refractivity contribution is 0.108. The highest BCUT2D eigenvalue weighted by Gasteiger charge is 2.33. The maximum atomic E-state index is 9.74. The Hall–Kier alpha value is -0.860. The molecule has 0 bridgehead atoms. The van der Waals surface area contributed by atoms with Crippen molar-refractivity contribution in [2.75, 3.05) is 13.2 Å². The van der Waals surface area contributed by atoms with Crippen LogP contribution in [0.1, 0.15) is 70.5 Å². The molecule has 1 aliphatic carbocycles. The third-order valence-corrected chi connectivity index (χ3v) is 5.68. The van der Waals surface area contributed by atoms with Crippen molar-refractivity contribution in [2.24, 2.45) is 5.41 Å². The second-order valence-electron chi connectivity index (χ2n) is 7.31. The van der Waals surface area contributed by atoms with Crippen LogP contribution in [0.5, 0.6) is 0 Å². The van der Waals surface area contributed by atoms with Crippen LogP contribution in [0.2, 0.25) is 0 Å². The highest BCUT2D eigenvalue weighted by Crippen LogP contribution is 2.41. The number of benzene rings is 1. The van der Waals surface area contributed by atoms with E-state index < -0.39 is 0 Å². The minimum Gasteiger partial charge on any atom is -0.396 e. The van der Waals surface area contributed by atoms with E-state index in [2.05, 4.69) is 57.3 Å². The van der Waals surface area contributed by atoms with Gasteiger partial charge in [-0.3, -0.25) is 0 Å². The molecule has 118 valence electrons. The zero-order valence-corrected chi connectivity index (χ0v) is 14.1. The lowest BCUT2D eigenvalue weighted by atomic mass is 9.71. The lowest BCUT2D eigenvalue weighted by Gasteiger charge is -2.39. The molecule has 0 heterocycles. The Balaban J connectivity index is 2.16. The number of nitrogens with one attached hydrogen (secondary N) is 1. The SMILES string of the molecule is CCC(CC)(CO)CNC1CCC(C)(C)c2ccccc21. The fourth-order valence-corrected chi connectivity index (χ4v) is 3.54. The first-order valence-electron chi connectivity index (χ1n) is 8.41. The molecule has 1 aliphatic rings. The van der Waals surface area contributed by atoms with Crippen molar-refractivity contribution in [1.29, 1.82) is 0 Å². The van der Waals surface area contributed by atoms with E-state index in [1.807, 2.05) is 0 Å². The smallest absolute Gasteiger partial charge is 0.0499 e. The van der Waals surface area contributed by atoms with E-state index in [1.165, 1.54) is 24.0 Å². The van der Waals surface area contributed by atoms with Crippen LogP contribution in [0.25, 0.3) is 0 Å². The van der Waals surface area contributed by atoms with Crippen LogP contribution in [0.15, 0.2) is 24.3 Å². The van der Waals surface area contributed by atoms with Gasteiger partial charge < -0.3 is 10.4 Å². The second kappa shape index (κ2) is 6.50. The van der Waals surface area contributed by atoms with Gasteiger partial charge in [0.25, 0.3) is 0 Å². The molecule has 0 saturated carbocycles. The molecular weight excluding hydrogens is 258 g/mol. The van der Waals surface area contributed by atoms with Crippen molar-refractivity contribution in [3.05, 3.63) is 35.4 Å². The van der Waals surface area contributed by atoms with Crippen molar-refractivity contribution >= 4 is 0 Å². The summed E-state index contributed by atoms with van der Waals surface area (Å²) in [7, 11) is 0.